The van der Waals surface area contributed by atoms with Crippen LogP contribution in [0.2, 0.25) is 5.02 Å². The zero-order chi connectivity index (χ0) is 41.4. The number of aliphatic hydroxyl groups is 2. The van der Waals surface area contributed by atoms with Gasteiger partial charge in [-0.1, -0.05) is 42.3 Å². The van der Waals surface area contributed by atoms with Crippen LogP contribution in [-0.4, -0.2) is 59.8 Å². The van der Waals surface area contributed by atoms with Gasteiger partial charge in [-0.15, -0.1) is 0 Å². The molecule has 7 aliphatic rings. The summed E-state index contributed by atoms with van der Waals surface area (Å²) in [6.45, 7) is 4.47. The number of aliphatic hydroxyl groups excluding tert-OH is 1. The number of allylic oxidation sites excluding steroid dienone is 2. The second kappa shape index (κ2) is 15.2. The van der Waals surface area contributed by atoms with Gasteiger partial charge in [-0.3, -0.25) is 4.79 Å². The maximum atomic E-state index is 14.7. The third-order valence-corrected chi connectivity index (χ3v) is 16.4. The number of hydrogen-bond donors (Lipinski definition) is 2. The van der Waals surface area contributed by atoms with Crippen LogP contribution in [0.1, 0.15) is 130 Å². The predicted octanol–water partition coefficient (Wildman–Crippen LogP) is 10.4. The first-order chi connectivity index (χ1) is 27.2. The highest BCUT2D eigenvalue weighted by atomic mass is 35.5. The quantitative estimate of drug-likeness (QED) is 0.173. The van der Waals surface area contributed by atoms with E-state index >= 15 is 0 Å². The van der Waals surface area contributed by atoms with E-state index in [9.17, 15) is 36.6 Å². The number of rotatable bonds is 8. The summed E-state index contributed by atoms with van der Waals surface area (Å²) in [7, 11) is -3.70. The van der Waals surface area contributed by atoms with E-state index in [1.54, 1.807) is 10.4 Å². The van der Waals surface area contributed by atoms with E-state index in [2.05, 4.69) is 6.08 Å². The molecule has 5 fully saturated rings. The Morgan fingerprint density at radius 1 is 0.966 bits per heavy atom. The fourth-order valence-electron chi connectivity index (χ4n) is 12.3. The van der Waals surface area contributed by atoms with Crippen LogP contribution in [0.25, 0.3) is 11.3 Å². The zero-order valence-corrected chi connectivity index (χ0v) is 35.2. The SMILES string of the molecule is CC1=CCCC2(C)C(CCC2(O)CN(CC23CC4CC(CC(C4)C2)C3)S(C)(=O)=O)c2ccc(cc2C(=O)c2ccc(-c3cc(C(F)(F)F)ccc3Cl)o2)CC(O)CC1. The van der Waals surface area contributed by atoms with E-state index in [-0.39, 0.29) is 40.0 Å². The minimum absolute atomic E-state index is 0.00264. The summed E-state index contributed by atoms with van der Waals surface area (Å²) in [5.74, 6) is 1.01. The average Bonchev–Trinajstić information content (AvgIpc) is 3.71. The number of alkyl halides is 3. The summed E-state index contributed by atoms with van der Waals surface area (Å²) in [5.41, 5.74) is -0.387. The van der Waals surface area contributed by atoms with Gasteiger partial charge in [-0.25, -0.2) is 8.42 Å². The summed E-state index contributed by atoms with van der Waals surface area (Å²) >= 11 is 6.34. The third-order valence-electron chi connectivity index (χ3n) is 14.9. The highest BCUT2D eigenvalue weighted by Crippen LogP contribution is 2.62. The molecular weight excluding hydrogens is 787 g/mol. The molecule has 4 atom stereocenters. The molecule has 1 heterocycles. The molecule has 7 aliphatic carbocycles. The monoisotopic (exact) mass is 841 g/mol. The lowest BCUT2D eigenvalue weighted by molar-refractivity contribution is -0.137. The van der Waals surface area contributed by atoms with Crippen LogP contribution in [0, 0.1) is 28.6 Å². The molecule has 12 heteroatoms. The van der Waals surface area contributed by atoms with Crippen LogP contribution in [0.5, 0.6) is 0 Å². The maximum Gasteiger partial charge on any atom is 0.416 e. The Balaban J connectivity index is 1.17. The first-order valence-electron chi connectivity index (χ1n) is 20.9. The summed E-state index contributed by atoms with van der Waals surface area (Å²) in [4.78, 5) is 14.7. The zero-order valence-electron chi connectivity index (χ0n) is 33.6. The summed E-state index contributed by atoms with van der Waals surface area (Å²) < 4.78 is 76.0. The van der Waals surface area contributed by atoms with Gasteiger partial charge in [0, 0.05) is 29.6 Å². The predicted molar refractivity (Wildman–Crippen MR) is 218 cm³/mol. The number of halogens is 4. The Hall–Kier alpha value is -2.96. The molecule has 7 nitrogen and oxygen atoms in total. The molecule has 4 unspecified atom stereocenters. The largest absolute Gasteiger partial charge is 0.453 e. The summed E-state index contributed by atoms with van der Waals surface area (Å²) in [5, 5.41) is 24.2. The van der Waals surface area contributed by atoms with Crippen molar-refractivity contribution in [3.8, 4) is 11.3 Å². The number of carbonyl (C=O) groups excluding carboxylic acids is 1. The molecule has 0 aliphatic heterocycles. The van der Waals surface area contributed by atoms with Crippen LogP contribution in [0.4, 0.5) is 13.2 Å². The van der Waals surface area contributed by atoms with Crippen molar-refractivity contribution in [1.29, 1.82) is 0 Å². The van der Waals surface area contributed by atoms with Crippen LogP contribution < -0.4 is 0 Å². The Labute approximate surface area is 345 Å². The van der Waals surface area contributed by atoms with Gasteiger partial charge in [0.2, 0.25) is 15.8 Å². The lowest BCUT2D eigenvalue weighted by atomic mass is 9.49. The molecule has 0 saturated heterocycles. The van der Waals surface area contributed by atoms with Crippen LogP contribution in [-0.2, 0) is 22.6 Å². The Morgan fingerprint density at radius 3 is 2.31 bits per heavy atom. The van der Waals surface area contributed by atoms with Gasteiger partial charge >= 0.3 is 6.18 Å². The van der Waals surface area contributed by atoms with Gasteiger partial charge in [0.25, 0.3) is 0 Å². The molecular formula is C46H55ClF3NO6S. The van der Waals surface area contributed by atoms with Crippen molar-refractivity contribution in [3.63, 3.8) is 0 Å². The Bertz CT molecular complexity index is 2180. The van der Waals surface area contributed by atoms with E-state index in [1.807, 2.05) is 26.0 Å². The average molecular weight is 842 g/mol. The molecule has 0 radical (unpaired) electrons. The van der Waals surface area contributed by atoms with Crippen molar-refractivity contribution in [3.05, 3.63) is 93.2 Å². The molecule has 0 amide bonds. The van der Waals surface area contributed by atoms with Gasteiger partial charge in [-0.05, 0) is 167 Å². The molecule has 2 N–H and O–H groups in total. The molecule has 2 aromatic carbocycles. The van der Waals surface area contributed by atoms with Crippen molar-refractivity contribution in [2.24, 2.45) is 28.6 Å². The van der Waals surface area contributed by atoms with Crippen molar-refractivity contribution >= 4 is 27.4 Å². The molecule has 58 heavy (non-hydrogen) atoms. The molecule has 0 spiro atoms. The minimum Gasteiger partial charge on any atom is -0.453 e. The smallest absolute Gasteiger partial charge is 0.416 e. The maximum absolute atomic E-state index is 14.7. The highest BCUT2D eigenvalue weighted by Gasteiger charge is 2.59. The molecule has 1 aromatic heterocycles. The van der Waals surface area contributed by atoms with E-state index in [0.29, 0.717) is 80.4 Å². The van der Waals surface area contributed by atoms with E-state index in [4.69, 9.17) is 16.0 Å². The number of sulfonamides is 1. The van der Waals surface area contributed by atoms with Crippen molar-refractivity contribution < 1.29 is 41.0 Å². The number of fused-ring (bicyclic) bond motifs is 8. The molecule has 5 saturated carbocycles. The summed E-state index contributed by atoms with van der Waals surface area (Å²) in [6, 6.07) is 11.4. The highest BCUT2D eigenvalue weighted by molar-refractivity contribution is 7.88. The Morgan fingerprint density at radius 2 is 1.66 bits per heavy atom. The summed E-state index contributed by atoms with van der Waals surface area (Å²) in [6.07, 6.45) is 8.45. The number of furan rings is 1. The number of carbonyl (C=O) groups is 1. The molecule has 6 bridgehead atoms. The minimum atomic E-state index is -4.61. The first kappa shape index (κ1) is 41.8. The molecule has 3 aromatic rings. The third kappa shape index (κ3) is 7.99. The van der Waals surface area contributed by atoms with Gasteiger partial charge in [0.15, 0.2) is 5.76 Å². The normalized spacial score (nSPS) is 32.7. The van der Waals surface area contributed by atoms with Crippen molar-refractivity contribution in [2.75, 3.05) is 19.3 Å². The van der Waals surface area contributed by atoms with Crippen molar-refractivity contribution in [1.82, 2.24) is 4.31 Å². The fraction of sp³-hybridized carbons (Fsp3) is 0.587. The molecule has 314 valence electrons. The van der Waals surface area contributed by atoms with Gasteiger partial charge in [0.05, 0.1) is 28.5 Å². The van der Waals surface area contributed by atoms with Gasteiger partial charge in [0.1, 0.15) is 5.76 Å². The van der Waals surface area contributed by atoms with E-state index in [1.165, 1.54) is 37.7 Å². The van der Waals surface area contributed by atoms with Crippen LogP contribution in [0.3, 0.4) is 0 Å². The van der Waals surface area contributed by atoms with E-state index < -0.39 is 44.7 Å². The molecule has 10 rings (SSSR count). The fourth-order valence-corrected chi connectivity index (χ4v) is 13.4. The standard InChI is InChI=1S/C46H55ClF3NO6S/c1-28-5-4-15-43(2)38(14-16-45(43,54)27-51(58(3,55)56)26-44-23-30-17-31(24-44)19-32(18-30)25-44)35-10-7-29(20-34(52)9-6-28)21-36(35)42(53)41-13-12-40(57-41)37-22-33(46(48,49)50)8-11-39(37)47/h5,7-8,10-13,21-22,30-32,34,38,52,54H,4,6,9,14-20,23-27H2,1-3H3. The van der Waals surface area contributed by atoms with Crippen LogP contribution >= 0.6 is 11.6 Å². The number of benzene rings is 2. The topological polar surface area (TPSA) is 108 Å². The number of hydrogen-bond acceptors (Lipinski definition) is 6. The number of ketones is 1. The second-order valence-corrected chi connectivity index (χ2v) is 21.5. The lowest BCUT2D eigenvalue weighted by Gasteiger charge is -2.58. The van der Waals surface area contributed by atoms with E-state index in [0.717, 1.165) is 48.6 Å². The lowest BCUT2D eigenvalue weighted by Crippen LogP contribution is -2.57. The second-order valence-electron chi connectivity index (χ2n) is 19.1. The van der Waals surface area contributed by atoms with Gasteiger partial charge < -0.3 is 14.6 Å². The first-order valence-corrected chi connectivity index (χ1v) is 23.1. The van der Waals surface area contributed by atoms with Crippen LogP contribution in [0.15, 0.2) is 64.6 Å². The Kier molecular flexibility index (Phi) is 10.9. The van der Waals surface area contributed by atoms with Gasteiger partial charge in [-0.2, -0.15) is 17.5 Å². The number of nitrogens with zero attached hydrogens (tertiary/aromatic N) is 1. The van der Waals surface area contributed by atoms with Crippen molar-refractivity contribution in [2.45, 2.75) is 121 Å².